The molecule has 0 heterocycles. The van der Waals surface area contributed by atoms with E-state index < -0.39 is 5.91 Å². The highest BCUT2D eigenvalue weighted by atomic mass is 16.2. The Morgan fingerprint density at radius 3 is 2.16 bits per heavy atom. The van der Waals surface area contributed by atoms with Crippen LogP contribution < -0.4 is 11.6 Å². The first-order chi connectivity index (χ1) is 18.2. The van der Waals surface area contributed by atoms with E-state index in [9.17, 15) is 9.59 Å². The Bertz CT molecular complexity index is 1350. The van der Waals surface area contributed by atoms with Gasteiger partial charge >= 0.3 is 0 Å². The molecule has 0 spiro atoms. The van der Waals surface area contributed by atoms with Crippen LogP contribution >= 0.6 is 0 Å². The molecule has 1 aliphatic rings. The molecule has 0 aliphatic heterocycles. The molecule has 0 radical (unpaired) electrons. The van der Waals surface area contributed by atoms with E-state index in [0.717, 1.165) is 42.0 Å². The second-order valence-corrected chi connectivity index (χ2v) is 11.1. The van der Waals surface area contributed by atoms with Gasteiger partial charge in [0.1, 0.15) is 0 Å². The average Bonchev–Trinajstić information content (AvgIpc) is 2.91. The second kappa shape index (κ2) is 11.5. The summed E-state index contributed by atoms with van der Waals surface area (Å²) in [6, 6.07) is 21.2. The third-order valence-electron chi connectivity index (χ3n) is 7.55. The molecule has 2 amide bonds. The molecule has 0 unspecified atom stereocenters. The largest absolute Gasteiger partial charge is 0.366 e. The second-order valence-electron chi connectivity index (χ2n) is 11.1. The zero-order valence-electron chi connectivity index (χ0n) is 22.3. The molecular weight excluding hydrogens is 476 g/mol. The van der Waals surface area contributed by atoms with Crippen molar-refractivity contribution in [3.63, 3.8) is 0 Å². The number of nitrogens with two attached hydrogens (primary N) is 2. The standard InChI is InChI=1S/C30H36N6O2/c1-30(2,3)25-14-16-26(17-15-25)36(28(38)24-13-12-21-6-4-5-7-23(21)18-24)19-20-8-10-22(11-9-20)27(37)33-29(31)34-35-32/h4-13,18,25-26H,14-17,19H2,1-3H3,(H4,31,32,33,34,37). The van der Waals surface area contributed by atoms with E-state index in [0.29, 0.717) is 23.6 Å². The van der Waals surface area contributed by atoms with Crippen LogP contribution in [0.1, 0.15) is 72.7 Å². The maximum absolute atomic E-state index is 13.9. The van der Waals surface area contributed by atoms with Crippen LogP contribution in [-0.4, -0.2) is 28.7 Å². The minimum atomic E-state index is -0.536. The van der Waals surface area contributed by atoms with Crippen molar-refractivity contribution in [1.29, 1.82) is 0 Å². The van der Waals surface area contributed by atoms with Crippen LogP contribution in [0.5, 0.6) is 0 Å². The monoisotopic (exact) mass is 512 g/mol. The van der Waals surface area contributed by atoms with Crippen LogP contribution in [0.15, 0.2) is 82.1 Å². The molecule has 1 fully saturated rings. The van der Waals surface area contributed by atoms with Crippen molar-refractivity contribution in [3.05, 3.63) is 83.4 Å². The summed E-state index contributed by atoms with van der Waals surface area (Å²) in [7, 11) is 0. The van der Waals surface area contributed by atoms with Gasteiger partial charge in [0.2, 0.25) is 5.96 Å². The van der Waals surface area contributed by atoms with Crippen molar-refractivity contribution in [1.82, 2.24) is 4.90 Å². The summed E-state index contributed by atoms with van der Waals surface area (Å²) in [6.07, 6.45) is 4.15. The van der Waals surface area contributed by atoms with E-state index in [1.807, 2.05) is 53.4 Å². The number of aliphatic imine (C=N–C) groups is 1. The third-order valence-corrected chi connectivity index (χ3v) is 7.55. The highest BCUT2D eigenvalue weighted by Gasteiger charge is 2.34. The van der Waals surface area contributed by atoms with Gasteiger partial charge in [0.15, 0.2) is 0 Å². The van der Waals surface area contributed by atoms with Crippen molar-refractivity contribution < 1.29 is 9.59 Å². The molecule has 4 N–H and O–H groups in total. The number of nitrogens with zero attached hydrogens (tertiary/aromatic N) is 4. The first kappa shape index (κ1) is 27.0. The minimum Gasteiger partial charge on any atom is -0.366 e. The first-order valence-electron chi connectivity index (χ1n) is 13.0. The van der Waals surface area contributed by atoms with E-state index in [1.54, 1.807) is 12.1 Å². The van der Waals surface area contributed by atoms with E-state index in [4.69, 9.17) is 11.6 Å². The van der Waals surface area contributed by atoms with Gasteiger partial charge in [-0.25, -0.2) is 0 Å². The van der Waals surface area contributed by atoms with Gasteiger partial charge in [-0.1, -0.05) is 73.6 Å². The molecule has 8 nitrogen and oxygen atoms in total. The molecule has 1 saturated carbocycles. The van der Waals surface area contributed by atoms with Crippen LogP contribution in [0.3, 0.4) is 0 Å². The lowest BCUT2D eigenvalue weighted by atomic mass is 9.71. The smallest absolute Gasteiger partial charge is 0.280 e. The molecular formula is C30H36N6O2. The third kappa shape index (κ3) is 6.43. The van der Waals surface area contributed by atoms with Gasteiger partial charge in [0.25, 0.3) is 11.8 Å². The minimum absolute atomic E-state index is 0.0274. The number of guanidine groups is 1. The normalized spacial score (nSPS) is 18.6. The predicted octanol–water partition coefficient (Wildman–Crippen LogP) is 5.87. The molecule has 0 aromatic heterocycles. The van der Waals surface area contributed by atoms with Crippen LogP contribution in [0.25, 0.3) is 10.8 Å². The van der Waals surface area contributed by atoms with Gasteiger partial charge in [-0.05, 0) is 77.6 Å². The molecule has 0 bridgehead atoms. The zero-order valence-corrected chi connectivity index (χ0v) is 22.3. The number of carbonyl (C=O) groups is 2. The number of amides is 2. The summed E-state index contributed by atoms with van der Waals surface area (Å²) in [6.45, 7) is 7.36. The van der Waals surface area contributed by atoms with Gasteiger partial charge in [-0.15, -0.1) is 0 Å². The lowest BCUT2D eigenvalue weighted by Crippen LogP contribution is -2.43. The summed E-state index contributed by atoms with van der Waals surface area (Å²) in [5.41, 5.74) is 7.75. The molecule has 4 rings (SSSR count). The molecule has 8 heteroatoms. The first-order valence-corrected chi connectivity index (χ1v) is 13.0. The van der Waals surface area contributed by atoms with Crippen molar-refractivity contribution in [3.8, 4) is 0 Å². The number of hydrogen-bond acceptors (Lipinski definition) is 3. The topological polar surface area (TPSA) is 126 Å². The van der Waals surface area contributed by atoms with E-state index >= 15 is 0 Å². The van der Waals surface area contributed by atoms with E-state index in [-0.39, 0.29) is 23.3 Å². The van der Waals surface area contributed by atoms with Crippen LogP contribution in [-0.2, 0) is 6.54 Å². The fraction of sp³-hybridized carbons (Fsp3) is 0.367. The Labute approximate surface area is 223 Å². The Balaban J connectivity index is 1.58. The zero-order chi connectivity index (χ0) is 27.3. The van der Waals surface area contributed by atoms with E-state index in [2.05, 4.69) is 42.2 Å². The summed E-state index contributed by atoms with van der Waals surface area (Å²) >= 11 is 0. The Morgan fingerprint density at radius 2 is 1.53 bits per heavy atom. The summed E-state index contributed by atoms with van der Waals surface area (Å²) < 4.78 is 0. The van der Waals surface area contributed by atoms with Gasteiger partial charge in [-0.2, -0.15) is 4.99 Å². The maximum Gasteiger partial charge on any atom is 0.280 e. The van der Waals surface area contributed by atoms with Crippen LogP contribution in [0.2, 0.25) is 0 Å². The SMILES string of the molecule is CC(C)(C)C1CCC(N(Cc2ccc(C(=O)N=C(N)/N=N\N)cc2)C(=O)c2ccc3ccccc3c2)CC1. The molecule has 38 heavy (non-hydrogen) atoms. The highest BCUT2D eigenvalue weighted by Crippen LogP contribution is 2.39. The summed E-state index contributed by atoms with van der Waals surface area (Å²) in [5.74, 6) is 4.78. The Hall–Kier alpha value is -4.07. The number of rotatable bonds is 5. The van der Waals surface area contributed by atoms with Crippen LogP contribution in [0, 0.1) is 11.3 Å². The molecule has 3 aromatic carbocycles. The summed E-state index contributed by atoms with van der Waals surface area (Å²) in [5, 5.41) is 8.54. The molecule has 198 valence electrons. The lowest BCUT2D eigenvalue weighted by molar-refractivity contribution is 0.0530. The van der Waals surface area contributed by atoms with Gasteiger partial charge in [0.05, 0.1) is 0 Å². The highest BCUT2D eigenvalue weighted by molar-refractivity contribution is 6.02. The molecule has 1 aliphatic carbocycles. The van der Waals surface area contributed by atoms with Crippen molar-refractivity contribution in [2.75, 3.05) is 0 Å². The molecule has 0 saturated heterocycles. The van der Waals surface area contributed by atoms with E-state index in [1.165, 1.54) is 0 Å². The Morgan fingerprint density at radius 1 is 0.895 bits per heavy atom. The molecule has 0 atom stereocenters. The fourth-order valence-corrected chi connectivity index (χ4v) is 5.31. The molecule has 3 aromatic rings. The fourth-order valence-electron chi connectivity index (χ4n) is 5.31. The Kier molecular flexibility index (Phi) is 8.20. The van der Waals surface area contributed by atoms with Crippen LogP contribution in [0.4, 0.5) is 0 Å². The number of hydrogen-bond donors (Lipinski definition) is 2. The quantitative estimate of drug-likeness (QED) is 0.146. The maximum atomic E-state index is 13.9. The predicted molar refractivity (Wildman–Crippen MR) is 150 cm³/mol. The average molecular weight is 513 g/mol. The van der Waals surface area contributed by atoms with Gasteiger partial charge < -0.3 is 16.5 Å². The van der Waals surface area contributed by atoms with Crippen molar-refractivity contribution >= 4 is 28.5 Å². The number of carbonyl (C=O) groups excluding carboxylic acids is 2. The lowest BCUT2D eigenvalue weighted by Gasteiger charge is -2.41. The van der Waals surface area contributed by atoms with Gasteiger partial charge in [-0.3, -0.25) is 9.59 Å². The summed E-state index contributed by atoms with van der Waals surface area (Å²) in [4.78, 5) is 32.0. The number of fused-ring (bicyclic) bond motifs is 1. The number of benzene rings is 3. The van der Waals surface area contributed by atoms with Crippen molar-refractivity contribution in [2.24, 2.45) is 38.2 Å². The van der Waals surface area contributed by atoms with Gasteiger partial charge in [0, 0.05) is 23.7 Å². The van der Waals surface area contributed by atoms with Crippen molar-refractivity contribution in [2.45, 2.75) is 59.0 Å².